The van der Waals surface area contributed by atoms with Gasteiger partial charge in [-0.25, -0.2) is 0 Å². The molecule has 1 aliphatic rings. The summed E-state index contributed by atoms with van der Waals surface area (Å²) in [6, 6.07) is 0. The molecule has 0 spiro atoms. The summed E-state index contributed by atoms with van der Waals surface area (Å²) in [5, 5.41) is 30.8. The Hall–Kier alpha value is -4.47. The third kappa shape index (κ3) is 29.7. The minimum Gasteiger partial charge on any atom is -0.462 e. The van der Waals surface area contributed by atoms with Crippen LogP contribution in [0.1, 0.15) is 78.1 Å². The predicted octanol–water partition coefficient (Wildman–Crippen LogP) is 7.77. The predicted molar refractivity (Wildman–Crippen MR) is 237 cm³/mol. The van der Waals surface area contributed by atoms with Crippen LogP contribution < -0.4 is 0 Å². The third-order valence-electron chi connectivity index (χ3n) is 8.24. The molecule has 0 saturated carbocycles. The molecule has 0 aromatic heterocycles. The number of carbonyl (C=O) groups excluding carboxylic acids is 2. The molecule has 332 valence electrons. The zero-order valence-electron chi connectivity index (χ0n) is 35.0. The Morgan fingerprint density at radius 1 is 0.567 bits per heavy atom. The Bertz CT molecular complexity index is 1660. The molecule has 12 nitrogen and oxygen atoms in total. The summed E-state index contributed by atoms with van der Waals surface area (Å²) in [6.45, 7) is 3.32. The summed E-state index contributed by atoms with van der Waals surface area (Å²) in [7, 11) is -4.63. The van der Waals surface area contributed by atoms with E-state index in [0.29, 0.717) is 19.3 Å². The van der Waals surface area contributed by atoms with E-state index in [2.05, 4.69) is 32.1 Å². The minimum absolute atomic E-state index is 0.0461. The summed E-state index contributed by atoms with van der Waals surface area (Å²) >= 11 is 0. The van der Waals surface area contributed by atoms with Crippen LogP contribution in [0.25, 0.3) is 0 Å². The SMILES string of the molecule is CC/C=C/C=C/C=C/C=C/C=C/C=C/C=C/CCCCCC(=O)OCC(CO[C@H]1O[C@H](CS(=O)(=O)O)[C@@H](O)C(O)C1O)OC(=O)CCC/C=C/C=C/C=C/C=C/C=C/CC. The zero-order valence-corrected chi connectivity index (χ0v) is 35.8. The highest BCUT2D eigenvalue weighted by Crippen LogP contribution is 2.23. The van der Waals surface area contributed by atoms with E-state index in [1.165, 1.54) is 0 Å². The van der Waals surface area contributed by atoms with Gasteiger partial charge in [-0.2, -0.15) is 8.42 Å². The van der Waals surface area contributed by atoms with Crippen LogP contribution in [0.3, 0.4) is 0 Å². The molecule has 1 rings (SSSR count). The molecular weight excluding hydrogens is 789 g/mol. The van der Waals surface area contributed by atoms with Crippen LogP contribution in [-0.4, -0.2) is 96.0 Å². The molecule has 0 aliphatic carbocycles. The molecule has 6 atom stereocenters. The summed E-state index contributed by atoms with van der Waals surface area (Å²) in [5.41, 5.74) is 0. The molecule has 0 bridgehead atoms. The fourth-order valence-corrected chi connectivity index (χ4v) is 5.79. The van der Waals surface area contributed by atoms with E-state index in [1.54, 1.807) is 0 Å². The van der Waals surface area contributed by atoms with Gasteiger partial charge >= 0.3 is 11.9 Å². The van der Waals surface area contributed by atoms with E-state index < -0.39 is 71.2 Å². The molecule has 0 radical (unpaired) electrons. The molecule has 0 amide bonds. The number of esters is 2. The molecule has 1 fully saturated rings. The van der Waals surface area contributed by atoms with Crippen LogP contribution in [0.2, 0.25) is 0 Å². The van der Waals surface area contributed by atoms with Crippen LogP contribution in [0.5, 0.6) is 0 Å². The lowest BCUT2D eigenvalue weighted by molar-refractivity contribution is -0.297. The lowest BCUT2D eigenvalue weighted by Crippen LogP contribution is -2.60. The standard InChI is InChI=1S/C47H66O12S/c1-3-5-7-9-11-13-15-17-18-19-20-21-22-24-25-27-29-31-33-35-42(48)56-37-40(38-57-47-46(52)45(51)44(50)41(59-47)39-60(53,54)55)58-43(49)36-34-32-30-28-26-23-16-14-12-10-8-6-4-2/h5-26,28,30,40-41,44-47,50-52H,3-4,27,29,31-39H2,1-2H3,(H,53,54,55)/b7-5+,8-6+,11-9+,12-10+,15-13+,16-14+,18-17+,20-19+,22-21+,25-24+,26-23+,30-28+/t40?,41-,44-,45?,46?,47+/m1/s1. The number of rotatable bonds is 30. The Morgan fingerprint density at radius 3 is 1.50 bits per heavy atom. The lowest BCUT2D eigenvalue weighted by Gasteiger charge is -2.40. The van der Waals surface area contributed by atoms with Crippen molar-refractivity contribution in [2.75, 3.05) is 19.0 Å². The maximum Gasteiger partial charge on any atom is 0.306 e. The van der Waals surface area contributed by atoms with Gasteiger partial charge < -0.3 is 34.3 Å². The van der Waals surface area contributed by atoms with Crippen molar-refractivity contribution in [3.8, 4) is 0 Å². The van der Waals surface area contributed by atoms with E-state index in [1.807, 2.05) is 128 Å². The van der Waals surface area contributed by atoms with Gasteiger partial charge in [0.2, 0.25) is 0 Å². The van der Waals surface area contributed by atoms with Gasteiger partial charge in [-0.3, -0.25) is 14.1 Å². The van der Waals surface area contributed by atoms with Gasteiger partial charge in [0.1, 0.15) is 36.8 Å². The van der Waals surface area contributed by atoms with Crippen molar-refractivity contribution in [2.24, 2.45) is 0 Å². The van der Waals surface area contributed by atoms with E-state index >= 15 is 0 Å². The summed E-state index contributed by atoms with van der Waals surface area (Å²) < 4.78 is 53.8. The number of hydrogen-bond donors (Lipinski definition) is 4. The van der Waals surface area contributed by atoms with Crippen molar-refractivity contribution in [3.63, 3.8) is 0 Å². The molecule has 0 aromatic carbocycles. The largest absolute Gasteiger partial charge is 0.462 e. The first-order chi connectivity index (χ1) is 29.0. The topological polar surface area (TPSA) is 186 Å². The quantitative estimate of drug-likeness (QED) is 0.0239. The third-order valence-corrected chi connectivity index (χ3v) is 8.99. The first kappa shape index (κ1) is 53.5. The van der Waals surface area contributed by atoms with Gasteiger partial charge in [-0.05, 0) is 44.9 Å². The van der Waals surface area contributed by atoms with E-state index in [9.17, 15) is 37.9 Å². The Morgan fingerprint density at radius 2 is 1.02 bits per heavy atom. The van der Waals surface area contributed by atoms with Gasteiger partial charge in [0.15, 0.2) is 12.4 Å². The second-order valence-corrected chi connectivity index (χ2v) is 15.0. The highest BCUT2D eigenvalue weighted by atomic mass is 32.2. The Kier molecular flexibility index (Phi) is 31.5. The summed E-state index contributed by atoms with van der Waals surface area (Å²) in [4.78, 5) is 25.3. The highest BCUT2D eigenvalue weighted by Gasteiger charge is 2.46. The molecule has 60 heavy (non-hydrogen) atoms. The monoisotopic (exact) mass is 854 g/mol. The number of carbonyl (C=O) groups is 2. The average molecular weight is 855 g/mol. The Balaban J connectivity index is 2.59. The average Bonchev–Trinajstić information content (AvgIpc) is 3.21. The van der Waals surface area contributed by atoms with Crippen molar-refractivity contribution in [3.05, 3.63) is 146 Å². The number of allylic oxidation sites excluding steroid dienone is 24. The first-order valence-corrected chi connectivity index (χ1v) is 22.2. The van der Waals surface area contributed by atoms with Crippen LogP contribution in [0.4, 0.5) is 0 Å². The van der Waals surface area contributed by atoms with Crippen molar-refractivity contribution in [1.82, 2.24) is 0 Å². The van der Waals surface area contributed by atoms with Crippen LogP contribution in [0, 0.1) is 0 Å². The van der Waals surface area contributed by atoms with Gasteiger partial charge in [-0.15, -0.1) is 0 Å². The number of hydrogen-bond acceptors (Lipinski definition) is 11. The maximum absolute atomic E-state index is 12.7. The van der Waals surface area contributed by atoms with Crippen molar-refractivity contribution in [1.29, 1.82) is 0 Å². The van der Waals surface area contributed by atoms with Gasteiger partial charge in [-0.1, -0.05) is 166 Å². The van der Waals surface area contributed by atoms with Gasteiger partial charge in [0.05, 0.1) is 6.61 Å². The zero-order chi connectivity index (χ0) is 44.1. The normalized spacial score (nSPS) is 21.6. The van der Waals surface area contributed by atoms with Gasteiger partial charge in [0, 0.05) is 12.8 Å². The molecule has 1 saturated heterocycles. The van der Waals surface area contributed by atoms with Crippen molar-refractivity contribution in [2.45, 2.75) is 115 Å². The molecule has 1 heterocycles. The fraction of sp³-hybridized carbons (Fsp3) is 0.447. The van der Waals surface area contributed by atoms with E-state index in [0.717, 1.165) is 32.1 Å². The molecule has 1 aliphatic heterocycles. The molecule has 3 unspecified atom stereocenters. The molecule has 0 aromatic rings. The van der Waals surface area contributed by atoms with E-state index in [-0.39, 0.29) is 19.4 Å². The molecule has 4 N–H and O–H groups in total. The second kappa shape index (κ2) is 35.3. The molecular formula is C47H66O12S. The van der Waals surface area contributed by atoms with Crippen molar-refractivity contribution < 1.29 is 56.8 Å². The smallest absolute Gasteiger partial charge is 0.306 e. The number of aliphatic hydroxyl groups excluding tert-OH is 3. The molecule has 13 heteroatoms. The van der Waals surface area contributed by atoms with E-state index in [4.69, 9.17) is 18.9 Å². The second-order valence-electron chi connectivity index (χ2n) is 13.5. The van der Waals surface area contributed by atoms with Gasteiger partial charge in [0.25, 0.3) is 10.1 Å². The maximum atomic E-state index is 12.7. The van der Waals surface area contributed by atoms with Crippen LogP contribution in [-0.2, 0) is 38.7 Å². The highest BCUT2D eigenvalue weighted by molar-refractivity contribution is 7.85. The van der Waals surface area contributed by atoms with Crippen LogP contribution >= 0.6 is 0 Å². The Labute approximate surface area is 357 Å². The lowest BCUT2D eigenvalue weighted by atomic mass is 10.00. The minimum atomic E-state index is -4.63. The summed E-state index contributed by atoms with van der Waals surface area (Å²) in [5.74, 6) is -2.17. The number of unbranched alkanes of at least 4 members (excludes halogenated alkanes) is 4. The summed E-state index contributed by atoms with van der Waals surface area (Å²) in [6.07, 6.45) is 43.3. The van der Waals surface area contributed by atoms with Crippen molar-refractivity contribution >= 4 is 22.1 Å². The number of aliphatic hydroxyl groups is 3. The fourth-order valence-electron chi connectivity index (χ4n) is 5.10. The first-order valence-electron chi connectivity index (χ1n) is 20.6. The number of ether oxygens (including phenoxy) is 4. The van der Waals surface area contributed by atoms with Crippen LogP contribution in [0.15, 0.2) is 146 Å².